The number of hydrogen-bond acceptors (Lipinski definition) is 1. The molecular weight excluding hydrogens is 448 g/mol. The molecule has 0 radical (unpaired) electrons. The summed E-state index contributed by atoms with van der Waals surface area (Å²) in [5, 5.41) is 0. The van der Waals surface area contributed by atoms with E-state index in [0.29, 0.717) is 0 Å². The molecule has 0 atom stereocenters. The average molecular weight is 469 g/mol. The minimum atomic E-state index is -0.236. The van der Waals surface area contributed by atoms with E-state index in [1.165, 1.54) is 12.1 Å². The topological polar surface area (TPSA) is 12.9 Å². The molecule has 3 heteroatoms. The molecule has 1 aromatic heterocycles. The summed E-state index contributed by atoms with van der Waals surface area (Å²) in [6.07, 6.45) is 0.818. The smallest absolute Gasteiger partial charge is 0.123 e. The summed E-state index contributed by atoms with van der Waals surface area (Å²) < 4.78 is 16.6. The molecule has 0 saturated heterocycles. The summed E-state index contributed by atoms with van der Waals surface area (Å²) in [4.78, 5) is 5.06. The van der Waals surface area contributed by atoms with Crippen molar-refractivity contribution in [2.75, 3.05) is 0 Å². The largest absolute Gasteiger partial charge is 0.251 e. The van der Waals surface area contributed by atoms with E-state index >= 15 is 0 Å². The fourth-order valence-corrected chi connectivity index (χ4v) is 3.62. The normalized spacial score (nSPS) is 10.6. The molecule has 0 amide bonds. The van der Waals surface area contributed by atoms with E-state index in [4.69, 9.17) is 4.98 Å². The van der Waals surface area contributed by atoms with Gasteiger partial charge in [-0.05, 0) is 39.5 Å². The van der Waals surface area contributed by atoms with E-state index in [2.05, 4.69) is 65.3 Å². The molecule has 3 rings (SSSR count). The lowest BCUT2D eigenvalue weighted by Crippen LogP contribution is -2.07. The Morgan fingerprint density at radius 3 is 2.22 bits per heavy atom. The SMILES string of the molecule is CCc1c(-c2ccccc2)nc(C(C)C)c(C#CI)c1-c1ccc(F)cc1. The lowest BCUT2D eigenvalue weighted by atomic mass is 9.87. The highest BCUT2D eigenvalue weighted by atomic mass is 127. The number of pyridine rings is 1. The molecule has 0 N–H and O–H groups in total. The minimum Gasteiger partial charge on any atom is -0.251 e. The maximum atomic E-state index is 13.5. The van der Waals surface area contributed by atoms with Crippen LogP contribution in [0.3, 0.4) is 0 Å². The van der Waals surface area contributed by atoms with Crippen LogP contribution in [0.1, 0.15) is 43.5 Å². The summed E-state index contributed by atoms with van der Waals surface area (Å²) in [5.41, 5.74) is 7.19. The van der Waals surface area contributed by atoms with Crippen LogP contribution in [0.25, 0.3) is 22.4 Å². The van der Waals surface area contributed by atoms with Gasteiger partial charge in [-0.1, -0.05) is 69.2 Å². The number of aromatic nitrogens is 1. The van der Waals surface area contributed by atoms with Gasteiger partial charge >= 0.3 is 0 Å². The molecule has 0 saturated carbocycles. The van der Waals surface area contributed by atoms with Crippen LogP contribution in [0, 0.1) is 15.7 Å². The highest BCUT2D eigenvalue weighted by molar-refractivity contribution is 14.1. The summed E-state index contributed by atoms with van der Waals surface area (Å²) >= 11 is 2.07. The predicted molar refractivity (Wildman–Crippen MR) is 119 cm³/mol. The monoisotopic (exact) mass is 469 g/mol. The Labute approximate surface area is 174 Å². The first-order valence-electron chi connectivity index (χ1n) is 9.06. The van der Waals surface area contributed by atoms with Crippen molar-refractivity contribution in [3.8, 4) is 32.2 Å². The Kier molecular flexibility index (Phi) is 6.28. The zero-order valence-electron chi connectivity index (χ0n) is 15.7. The maximum Gasteiger partial charge on any atom is 0.123 e. The van der Waals surface area contributed by atoms with Gasteiger partial charge in [-0.3, -0.25) is 4.98 Å². The van der Waals surface area contributed by atoms with Gasteiger partial charge in [-0.25, -0.2) is 4.39 Å². The molecule has 0 unspecified atom stereocenters. The van der Waals surface area contributed by atoms with Crippen LogP contribution in [-0.4, -0.2) is 4.98 Å². The van der Waals surface area contributed by atoms with Gasteiger partial charge in [0.05, 0.1) is 17.0 Å². The van der Waals surface area contributed by atoms with Gasteiger partial charge < -0.3 is 0 Å². The van der Waals surface area contributed by atoms with E-state index in [0.717, 1.165) is 45.6 Å². The van der Waals surface area contributed by atoms with E-state index in [-0.39, 0.29) is 11.7 Å². The van der Waals surface area contributed by atoms with Crippen LogP contribution in [0.2, 0.25) is 0 Å². The maximum absolute atomic E-state index is 13.5. The molecule has 2 aromatic carbocycles. The van der Waals surface area contributed by atoms with Crippen LogP contribution < -0.4 is 0 Å². The fourth-order valence-electron chi connectivity index (χ4n) is 3.35. The van der Waals surface area contributed by atoms with Crippen molar-refractivity contribution in [3.63, 3.8) is 0 Å². The third-order valence-electron chi connectivity index (χ3n) is 4.58. The lowest BCUT2D eigenvalue weighted by molar-refractivity contribution is 0.628. The minimum absolute atomic E-state index is 0.227. The molecular formula is C24H21FIN. The molecule has 0 fully saturated rings. The summed E-state index contributed by atoms with van der Waals surface area (Å²) in [6, 6.07) is 16.9. The highest BCUT2D eigenvalue weighted by Crippen LogP contribution is 2.37. The van der Waals surface area contributed by atoms with Crippen LogP contribution in [0.5, 0.6) is 0 Å². The van der Waals surface area contributed by atoms with Crippen molar-refractivity contribution in [1.82, 2.24) is 4.98 Å². The molecule has 0 bridgehead atoms. The van der Waals surface area contributed by atoms with Crippen molar-refractivity contribution in [2.45, 2.75) is 33.1 Å². The number of halogens is 2. The Balaban J connectivity index is 2.44. The number of hydrogen-bond donors (Lipinski definition) is 0. The van der Waals surface area contributed by atoms with Gasteiger partial charge in [0.1, 0.15) is 5.82 Å². The first-order chi connectivity index (χ1) is 13.1. The number of benzene rings is 2. The summed E-state index contributed by atoms with van der Waals surface area (Å²) in [5.74, 6) is 3.26. The van der Waals surface area contributed by atoms with Crippen molar-refractivity contribution in [2.24, 2.45) is 0 Å². The molecule has 0 aliphatic rings. The van der Waals surface area contributed by atoms with Crippen LogP contribution >= 0.6 is 22.6 Å². The standard InChI is InChI=1S/C24H21FIN/c1-4-20-22(17-10-12-19(25)13-11-17)21(14-15-26)23(16(2)3)27-24(20)18-8-6-5-7-9-18/h5-13,16H,4H2,1-3H3. The molecule has 1 nitrogen and oxygen atoms in total. The second-order valence-corrected chi connectivity index (χ2v) is 7.21. The molecule has 0 aliphatic carbocycles. The van der Waals surface area contributed by atoms with Crippen molar-refractivity contribution < 1.29 is 4.39 Å². The second-order valence-electron chi connectivity index (χ2n) is 6.67. The fraction of sp³-hybridized carbons (Fsp3) is 0.208. The molecule has 0 spiro atoms. The van der Waals surface area contributed by atoms with Gasteiger partial charge in [-0.15, -0.1) is 0 Å². The van der Waals surface area contributed by atoms with Crippen molar-refractivity contribution in [3.05, 3.63) is 77.2 Å². The third kappa shape index (κ3) is 4.06. The second kappa shape index (κ2) is 8.67. The third-order valence-corrected chi connectivity index (χ3v) is 4.85. The van der Waals surface area contributed by atoms with Crippen molar-refractivity contribution >= 4 is 22.6 Å². The zero-order valence-corrected chi connectivity index (χ0v) is 17.8. The highest BCUT2D eigenvalue weighted by Gasteiger charge is 2.21. The Hall–Kier alpha value is -2.19. The van der Waals surface area contributed by atoms with Crippen LogP contribution in [0.15, 0.2) is 54.6 Å². The molecule has 0 aliphatic heterocycles. The molecule has 3 aromatic rings. The van der Waals surface area contributed by atoms with E-state index in [1.807, 2.05) is 30.3 Å². The Morgan fingerprint density at radius 2 is 1.67 bits per heavy atom. The van der Waals surface area contributed by atoms with Crippen molar-refractivity contribution in [1.29, 1.82) is 0 Å². The zero-order chi connectivity index (χ0) is 19.4. The Morgan fingerprint density at radius 1 is 1.00 bits per heavy atom. The Bertz CT molecular complexity index is 997. The lowest BCUT2D eigenvalue weighted by Gasteiger charge is -2.20. The number of rotatable bonds is 4. The number of nitrogens with zero attached hydrogens (tertiary/aromatic N) is 1. The molecule has 1 heterocycles. The average Bonchev–Trinajstić information content (AvgIpc) is 2.68. The quantitative estimate of drug-likeness (QED) is 0.297. The van der Waals surface area contributed by atoms with Crippen LogP contribution in [0.4, 0.5) is 4.39 Å². The first-order valence-corrected chi connectivity index (χ1v) is 10.1. The van der Waals surface area contributed by atoms with Crippen LogP contribution in [-0.2, 0) is 6.42 Å². The molecule has 136 valence electrons. The first kappa shape index (κ1) is 19.6. The van der Waals surface area contributed by atoms with E-state index < -0.39 is 0 Å². The van der Waals surface area contributed by atoms with Gasteiger partial charge in [0.25, 0.3) is 0 Å². The van der Waals surface area contributed by atoms with E-state index in [9.17, 15) is 4.39 Å². The van der Waals surface area contributed by atoms with Gasteiger partial charge in [0, 0.05) is 33.7 Å². The molecule has 27 heavy (non-hydrogen) atoms. The predicted octanol–water partition coefficient (Wildman–Crippen LogP) is 6.98. The summed E-state index contributed by atoms with van der Waals surface area (Å²) in [6.45, 7) is 6.40. The van der Waals surface area contributed by atoms with Gasteiger partial charge in [0.15, 0.2) is 0 Å². The van der Waals surface area contributed by atoms with Gasteiger partial charge in [-0.2, -0.15) is 0 Å². The van der Waals surface area contributed by atoms with E-state index in [1.54, 1.807) is 0 Å². The van der Waals surface area contributed by atoms with Gasteiger partial charge in [0.2, 0.25) is 0 Å². The summed E-state index contributed by atoms with van der Waals surface area (Å²) in [7, 11) is 0.